The van der Waals surface area contributed by atoms with E-state index in [1.54, 1.807) is 18.9 Å². The maximum Gasteiger partial charge on any atom is 0.307 e. The van der Waals surface area contributed by atoms with E-state index in [-0.39, 0.29) is 11.9 Å². The second kappa shape index (κ2) is 4.61. The molecule has 1 rings (SSSR count). The van der Waals surface area contributed by atoms with Gasteiger partial charge in [0.15, 0.2) is 0 Å². The van der Waals surface area contributed by atoms with Crippen molar-refractivity contribution in [2.24, 2.45) is 5.92 Å². The van der Waals surface area contributed by atoms with E-state index in [1.165, 1.54) is 0 Å². The van der Waals surface area contributed by atoms with Crippen molar-refractivity contribution >= 4 is 11.9 Å². The van der Waals surface area contributed by atoms with Gasteiger partial charge in [-0.15, -0.1) is 0 Å². The molecule has 1 aliphatic rings. The molecule has 1 N–H and O–H groups in total. The molecule has 0 aromatic rings. The van der Waals surface area contributed by atoms with Gasteiger partial charge in [0.2, 0.25) is 5.91 Å². The van der Waals surface area contributed by atoms with Crippen molar-refractivity contribution in [3.63, 3.8) is 0 Å². The highest BCUT2D eigenvalue weighted by atomic mass is 16.4. The number of aliphatic carboxylic acids is 1. The molecule has 1 fully saturated rings. The molecule has 1 saturated heterocycles. The van der Waals surface area contributed by atoms with Gasteiger partial charge in [0.05, 0.1) is 12.5 Å². The summed E-state index contributed by atoms with van der Waals surface area (Å²) in [5.41, 5.74) is 0. The number of hydrogen-bond acceptors (Lipinski definition) is 3. The lowest BCUT2D eigenvalue weighted by molar-refractivity contribution is -0.144. The lowest BCUT2D eigenvalue weighted by Gasteiger charge is -2.38. The Kier molecular flexibility index (Phi) is 3.68. The fourth-order valence-corrected chi connectivity index (χ4v) is 1.74. The van der Waals surface area contributed by atoms with E-state index >= 15 is 0 Å². The average molecular weight is 214 g/mol. The van der Waals surface area contributed by atoms with Gasteiger partial charge in [-0.2, -0.15) is 0 Å². The minimum atomic E-state index is -0.812. The topological polar surface area (TPSA) is 60.9 Å². The quantitative estimate of drug-likeness (QED) is 0.711. The highest BCUT2D eigenvalue weighted by Gasteiger charge is 2.29. The molecule has 0 saturated carbocycles. The van der Waals surface area contributed by atoms with E-state index in [0.717, 1.165) is 0 Å². The van der Waals surface area contributed by atoms with Gasteiger partial charge in [0.25, 0.3) is 0 Å². The van der Waals surface area contributed by atoms with Crippen molar-refractivity contribution in [2.75, 3.05) is 26.7 Å². The summed E-state index contributed by atoms with van der Waals surface area (Å²) in [5.74, 6) is -1.18. The highest BCUT2D eigenvalue weighted by Crippen LogP contribution is 2.11. The number of hydrogen-bond donors (Lipinski definition) is 1. The van der Waals surface area contributed by atoms with Crippen LogP contribution in [0.4, 0.5) is 0 Å². The minimum absolute atomic E-state index is 0.0608. The van der Waals surface area contributed by atoms with Crippen LogP contribution in [0.5, 0.6) is 0 Å². The zero-order valence-electron chi connectivity index (χ0n) is 9.43. The zero-order chi connectivity index (χ0) is 11.6. The summed E-state index contributed by atoms with van der Waals surface area (Å²) in [6.07, 6.45) is 0. The molecule has 0 spiro atoms. The highest BCUT2D eigenvalue weighted by molar-refractivity contribution is 5.79. The van der Waals surface area contributed by atoms with Crippen LogP contribution in [0, 0.1) is 5.92 Å². The molecule has 5 heteroatoms. The summed E-state index contributed by atoms with van der Waals surface area (Å²) >= 11 is 0. The molecule has 1 aliphatic heterocycles. The lowest BCUT2D eigenvalue weighted by atomic mass is 10.1. The van der Waals surface area contributed by atoms with Crippen LogP contribution in [0.3, 0.4) is 0 Å². The fourth-order valence-electron chi connectivity index (χ4n) is 1.74. The van der Waals surface area contributed by atoms with Crippen molar-refractivity contribution in [3.05, 3.63) is 0 Å². The Morgan fingerprint density at radius 3 is 2.80 bits per heavy atom. The molecule has 0 aromatic heterocycles. The van der Waals surface area contributed by atoms with Gasteiger partial charge < -0.3 is 10.0 Å². The Hall–Kier alpha value is -1.10. The van der Waals surface area contributed by atoms with E-state index in [4.69, 9.17) is 5.11 Å². The molecule has 1 heterocycles. The number of amides is 1. The predicted molar refractivity (Wildman–Crippen MR) is 55.5 cm³/mol. The number of nitrogens with zero attached hydrogens (tertiary/aromatic N) is 2. The molecule has 15 heavy (non-hydrogen) atoms. The molecule has 0 aromatic carbocycles. The Balaban J connectivity index is 2.55. The minimum Gasteiger partial charge on any atom is -0.481 e. The van der Waals surface area contributed by atoms with Crippen LogP contribution < -0.4 is 0 Å². The smallest absolute Gasteiger partial charge is 0.307 e. The molecular weight excluding hydrogens is 196 g/mol. The second-order valence-corrected chi connectivity index (χ2v) is 4.29. The van der Waals surface area contributed by atoms with Gasteiger partial charge in [-0.05, 0) is 6.92 Å². The summed E-state index contributed by atoms with van der Waals surface area (Å²) in [6, 6.07) is 0.231. The number of likely N-dealkylation sites (N-methyl/N-ethyl adjacent to an activating group) is 1. The second-order valence-electron chi connectivity index (χ2n) is 4.29. The van der Waals surface area contributed by atoms with E-state index < -0.39 is 11.9 Å². The van der Waals surface area contributed by atoms with Crippen LogP contribution in [0.1, 0.15) is 13.8 Å². The summed E-state index contributed by atoms with van der Waals surface area (Å²) in [5, 5.41) is 8.79. The summed E-state index contributed by atoms with van der Waals surface area (Å²) < 4.78 is 0. The first-order valence-corrected chi connectivity index (χ1v) is 5.12. The van der Waals surface area contributed by atoms with Crippen molar-refractivity contribution in [1.82, 2.24) is 9.80 Å². The number of piperazine rings is 1. The van der Waals surface area contributed by atoms with Crippen LogP contribution in [-0.2, 0) is 9.59 Å². The monoisotopic (exact) mass is 214 g/mol. The van der Waals surface area contributed by atoms with E-state index in [1.807, 2.05) is 11.8 Å². The average Bonchev–Trinajstić information content (AvgIpc) is 2.13. The molecule has 2 atom stereocenters. The first kappa shape index (κ1) is 12.0. The van der Waals surface area contributed by atoms with E-state index in [2.05, 4.69) is 0 Å². The Labute approximate surface area is 89.7 Å². The third-order valence-corrected chi connectivity index (χ3v) is 2.86. The SMILES string of the molecule is CC(CN1CC(=O)N(C)CC1C)C(=O)O. The first-order chi connectivity index (χ1) is 6.91. The third-order valence-electron chi connectivity index (χ3n) is 2.86. The molecule has 0 aliphatic carbocycles. The van der Waals surface area contributed by atoms with Crippen LogP contribution in [0.15, 0.2) is 0 Å². The normalized spacial score (nSPS) is 25.4. The predicted octanol–water partition coefficient (Wildman–Crippen LogP) is -0.130. The zero-order valence-corrected chi connectivity index (χ0v) is 9.43. The molecule has 0 radical (unpaired) electrons. The van der Waals surface area contributed by atoms with Gasteiger partial charge in [0, 0.05) is 26.2 Å². The van der Waals surface area contributed by atoms with E-state index in [0.29, 0.717) is 19.6 Å². The number of carboxylic acid groups (broad SMARTS) is 1. The fraction of sp³-hybridized carbons (Fsp3) is 0.800. The molecule has 86 valence electrons. The molecular formula is C10H18N2O3. The Morgan fingerprint density at radius 1 is 1.67 bits per heavy atom. The standard InChI is InChI=1S/C10H18N2O3/c1-7(10(14)15)4-12-6-9(13)11(3)5-8(12)2/h7-8H,4-6H2,1-3H3,(H,14,15). The Bertz CT molecular complexity index is 267. The van der Waals surface area contributed by atoms with Crippen LogP contribution in [0.25, 0.3) is 0 Å². The van der Waals surface area contributed by atoms with Gasteiger partial charge in [-0.3, -0.25) is 14.5 Å². The first-order valence-electron chi connectivity index (χ1n) is 5.12. The van der Waals surface area contributed by atoms with Gasteiger partial charge in [0.1, 0.15) is 0 Å². The number of carboxylic acids is 1. The van der Waals surface area contributed by atoms with Gasteiger partial charge in [-0.1, -0.05) is 6.92 Å². The summed E-state index contributed by atoms with van der Waals surface area (Å²) in [7, 11) is 1.77. The molecule has 1 amide bonds. The Morgan fingerprint density at radius 2 is 2.27 bits per heavy atom. The molecule has 2 unspecified atom stereocenters. The number of carbonyl (C=O) groups is 2. The summed E-state index contributed by atoms with van der Waals surface area (Å²) in [4.78, 5) is 25.8. The molecule has 0 bridgehead atoms. The van der Waals surface area contributed by atoms with Gasteiger partial charge in [-0.25, -0.2) is 0 Å². The van der Waals surface area contributed by atoms with Gasteiger partial charge >= 0.3 is 5.97 Å². The van der Waals surface area contributed by atoms with Crippen LogP contribution >= 0.6 is 0 Å². The lowest BCUT2D eigenvalue weighted by Crippen LogP contribution is -2.54. The maximum atomic E-state index is 11.4. The number of rotatable bonds is 3. The largest absolute Gasteiger partial charge is 0.481 e. The van der Waals surface area contributed by atoms with Crippen molar-refractivity contribution < 1.29 is 14.7 Å². The third kappa shape index (κ3) is 2.92. The maximum absolute atomic E-state index is 11.4. The van der Waals surface area contributed by atoms with Crippen LogP contribution in [0.2, 0.25) is 0 Å². The summed E-state index contributed by atoms with van der Waals surface area (Å²) in [6.45, 7) is 5.12. The number of carbonyl (C=O) groups excluding carboxylic acids is 1. The van der Waals surface area contributed by atoms with E-state index in [9.17, 15) is 9.59 Å². The molecule has 5 nitrogen and oxygen atoms in total. The van der Waals surface area contributed by atoms with Crippen LogP contribution in [-0.4, -0.2) is 59.5 Å². The van der Waals surface area contributed by atoms with Crippen molar-refractivity contribution in [1.29, 1.82) is 0 Å². The van der Waals surface area contributed by atoms with Crippen molar-refractivity contribution in [3.8, 4) is 0 Å². The van der Waals surface area contributed by atoms with Crippen molar-refractivity contribution in [2.45, 2.75) is 19.9 Å².